The Morgan fingerprint density at radius 3 is 2.76 bits per heavy atom. The molecule has 3 heterocycles. The average Bonchev–Trinajstić information content (AvgIpc) is 3.45. The van der Waals surface area contributed by atoms with E-state index in [1.165, 1.54) is 11.3 Å². The standard InChI is InChI=1S/C24H27ClN6OS/c1-3-31(4-2)13-5-11-26-23(32)20-15-16-14-17(6-7-18(16)29-20)28-24-27-12-10-19(30-24)21-8-9-22(25)33-21/h6-10,12,14-15,29H,3-5,11,13H2,1-2H3,(H,26,32)(H,27,28,30). The van der Waals surface area contributed by atoms with Gasteiger partial charge < -0.3 is 20.5 Å². The Hall–Kier alpha value is -2.94. The highest BCUT2D eigenvalue weighted by Gasteiger charge is 2.11. The Kier molecular flexibility index (Phi) is 7.59. The van der Waals surface area contributed by atoms with E-state index in [0.717, 1.165) is 57.6 Å². The van der Waals surface area contributed by atoms with Gasteiger partial charge in [0.15, 0.2) is 0 Å². The number of rotatable bonds is 10. The van der Waals surface area contributed by atoms with Crippen molar-refractivity contribution in [3.05, 3.63) is 58.7 Å². The zero-order valence-corrected chi connectivity index (χ0v) is 20.3. The van der Waals surface area contributed by atoms with Gasteiger partial charge in [0.1, 0.15) is 5.69 Å². The highest BCUT2D eigenvalue weighted by atomic mass is 35.5. The maximum Gasteiger partial charge on any atom is 0.267 e. The summed E-state index contributed by atoms with van der Waals surface area (Å²) in [6, 6.07) is 13.4. The minimum atomic E-state index is -0.0918. The molecule has 0 unspecified atom stereocenters. The van der Waals surface area contributed by atoms with Crippen molar-refractivity contribution in [3.8, 4) is 10.6 Å². The highest BCUT2D eigenvalue weighted by Crippen LogP contribution is 2.30. The molecule has 0 saturated carbocycles. The molecule has 0 atom stereocenters. The number of halogens is 1. The fourth-order valence-electron chi connectivity index (χ4n) is 3.61. The maximum absolute atomic E-state index is 12.5. The van der Waals surface area contributed by atoms with E-state index >= 15 is 0 Å². The van der Waals surface area contributed by atoms with Crippen LogP contribution in [-0.2, 0) is 0 Å². The second-order valence-corrected chi connectivity index (χ2v) is 9.33. The van der Waals surface area contributed by atoms with Crippen LogP contribution in [0.1, 0.15) is 30.8 Å². The molecule has 4 aromatic rings. The summed E-state index contributed by atoms with van der Waals surface area (Å²) in [6.45, 7) is 8.00. The molecular formula is C24H27ClN6OS. The van der Waals surface area contributed by atoms with E-state index in [2.05, 4.69) is 44.3 Å². The Balaban J connectivity index is 1.40. The van der Waals surface area contributed by atoms with Crippen LogP contribution in [0.3, 0.4) is 0 Å². The number of carbonyl (C=O) groups excluding carboxylic acids is 1. The maximum atomic E-state index is 12.5. The minimum Gasteiger partial charge on any atom is -0.351 e. The first-order valence-electron chi connectivity index (χ1n) is 11.0. The van der Waals surface area contributed by atoms with Crippen LogP contribution < -0.4 is 10.6 Å². The molecule has 3 N–H and O–H groups in total. The molecule has 0 radical (unpaired) electrons. The summed E-state index contributed by atoms with van der Waals surface area (Å²) in [4.78, 5) is 28.0. The fourth-order valence-corrected chi connectivity index (χ4v) is 4.62. The van der Waals surface area contributed by atoms with Crippen LogP contribution in [0.15, 0.2) is 48.7 Å². The zero-order valence-electron chi connectivity index (χ0n) is 18.7. The molecule has 0 aliphatic carbocycles. The first kappa shape index (κ1) is 23.2. The summed E-state index contributed by atoms with van der Waals surface area (Å²) in [6.07, 6.45) is 2.65. The summed E-state index contributed by atoms with van der Waals surface area (Å²) < 4.78 is 0.722. The van der Waals surface area contributed by atoms with Gasteiger partial charge in [-0.3, -0.25) is 4.79 Å². The first-order chi connectivity index (χ1) is 16.1. The van der Waals surface area contributed by atoms with Crippen LogP contribution in [0.5, 0.6) is 0 Å². The van der Waals surface area contributed by atoms with Gasteiger partial charge in [-0.1, -0.05) is 25.4 Å². The topological polar surface area (TPSA) is 85.9 Å². The zero-order chi connectivity index (χ0) is 23.2. The van der Waals surface area contributed by atoms with Gasteiger partial charge in [-0.05, 0) is 68.5 Å². The molecule has 1 aromatic carbocycles. The van der Waals surface area contributed by atoms with Crippen molar-refractivity contribution in [2.75, 3.05) is 31.5 Å². The molecule has 1 amide bonds. The van der Waals surface area contributed by atoms with Crippen LogP contribution in [0.4, 0.5) is 11.6 Å². The lowest BCUT2D eigenvalue weighted by Gasteiger charge is -2.17. The Morgan fingerprint density at radius 2 is 2.00 bits per heavy atom. The van der Waals surface area contributed by atoms with Crippen molar-refractivity contribution in [1.29, 1.82) is 0 Å². The third-order valence-corrected chi connectivity index (χ3v) is 6.69. The number of fused-ring (bicyclic) bond motifs is 1. The normalized spacial score (nSPS) is 11.3. The van der Waals surface area contributed by atoms with Gasteiger partial charge in [0.05, 0.1) is 14.9 Å². The molecule has 0 spiro atoms. The molecule has 0 bridgehead atoms. The fraction of sp³-hybridized carbons (Fsp3) is 0.292. The van der Waals surface area contributed by atoms with E-state index in [-0.39, 0.29) is 5.91 Å². The number of aromatic nitrogens is 3. The highest BCUT2D eigenvalue weighted by molar-refractivity contribution is 7.19. The van der Waals surface area contributed by atoms with Gasteiger partial charge in [0, 0.05) is 29.3 Å². The molecule has 0 aliphatic heterocycles. The minimum absolute atomic E-state index is 0.0918. The van der Waals surface area contributed by atoms with Crippen molar-refractivity contribution >= 4 is 51.4 Å². The number of hydrogen-bond acceptors (Lipinski definition) is 6. The summed E-state index contributed by atoms with van der Waals surface area (Å²) in [7, 11) is 0. The first-order valence-corrected chi connectivity index (χ1v) is 12.2. The van der Waals surface area contributed by atoms with Crippen molar-refractivity contribution in [3.63, 3.8) is 0 Å². The lowest BCUT2D eigenvalue weighted by atomic mass is 10.2. The van der Waals surface area contributed by atoms with E-state index < -0.39 is 0 Å². The number of nitrogens with zero attached hydrogens (tertiary/aromatic N) is 3. The van der Waals surface area contributed by atoms with Gasteiger partial charge in [-0.15, -0.1) is 11.3 Å². The van der Waals surface area contributed by atoms with Crippen LogP contribution >= 0.6 is 22.9 Å². The number of H-pyrrole nitrogens is 1. The van der Waals surface area contributed by atoms with Crippen molar-refractivity contribution in [1.82, 2.24) is 25.2 Å². The molecule has 0 fully saturated rings. The molecular weight excluding hydrogens is 456 g/mol. The number of thiophene rings is 1. The molecule has 172 valence electrons. The van der Waals surface area contributed by atoms with Gasteiger partial charge in [-0.2, -0.15) is 0 Å². The van der Waals surface area contributed by atoms with Crippen LogP contribution in [0.25, 0.3) is 21.5 Å². The van der Waals surface area contributed by atoms with E-state index in [9.17, 15) is 4.79 Å². The summed E-state index contributed by atoms with van der Waals surface area (Å²) in [5.41, 5.74) is 3.11. The second kappa shape index (κ2) is 10.8. The predicted molar refractivity (Wildman–Crippen MR) is 137 cm³/mol. The third-order valence-electron chi connectivity index (χ3n) is 5.43. The number of carbonyl (C=O) groups is 1. The molecule has 3 aromatic heterocycles. The molecule has 0 aliphatic rings. The van der Waals surface area contributed by atoms with Crippen molar-refractivity contribution in [2.45, 2.75) is 20.3 Å². The molecule has 9 heteroatoms. The molecule has 7 nitrogen and oxygen atoms in total. The molecule has 0 saturated heterocycles. The van der Waals surface area contributed by atoms with Crippen LogP contribution in [-0.4, -0.2) is 51.9 Å². The Labute approximate surface area is 202 Å². The number of amides is 1. The van der Waals surface area contributed by atoms with Gasteiger partial charge in [0.25, 0.3) is 5.91 Å². The number of hydrogen-bond donors (Lipinski definition) is 3. The largest absolute Gasteiger partial charge is 0.351 e. The SMILES string of the molecule is CCN(CC)CCCNC(=O)c1cc2cc(Nc3nccc(-c4ccc(Cl)s4)n3)ccc2[nH]1. The van der Waals surface area contributed by atoms with E-state index in [1.807, 2.05) is 42.5 Å². The van der Waals surface area contributed by atoms with Gasteiger partial charge >= 0.3 is 0 Å². The summed E-state index contributed by atoms with van der Waals surface area (Å²) in [5.74, 6) is 0.406. The molecule has 4 rings (SSSR count). The Bertz CT molecular complexity index is 1230. The van der Waals surface area contributed by atoms with Gasteiger partial charge in [-0.25, -0.2) is 9.97 Å². The number of anilines is 2. The van der Waals surface area contributed by atoms with Crippen molar-refractivity contribution < 1.29 is 4.79 Å². The number of benzene rings is 1. The summed E-state index contributed by atoms with van der Waals surface area (Å²) >= 11 is 7.52. The van der Waals surface area contributed by atoms with E-state index in [1.54, 1.807) is 6.20 Å². The lowest BCUT2D eigenvalue weighted by molar-refractivity contribution is 0.0947. The average molecular weight is 483 g/mol. The smallest absolute Gasteiger partial charge is 0.267 e. The third kappa shape index (κ3) is 5.90. The molecule has 33 heavy (non-hydrogen) atoms. The quantitative estimate of drug-likeness (QED) is 0.258. The van der Waals surface area contributed by atoms with Crippen LogP contribution in [0, 0.1) is 0 Å². The monoisotopic (exact) mass is 482 g/mol. The van der Waals surface area contributed by atoms with Gasteiger partial charge in [0.2, 0.25) is 5.95 Å². The predicted octanol–water partition coefficient (Wildman–Crippen LogP) is 5.55. The van der Waals surface area contributed by atoms with Crippen LogP contribution in [0.2, 0.25) is 4.34 Å². The lowest BCUT2D eigenvalue weighted by Crippen LogP contribution is -2.30. The van der Waals surface area contributed by atoms with E-state index in [0.29, 0.717) is 18.2 Å². The number of nitrogens with one attached hydrogen (secondary N) is 3. The Morgan fingerprint density at radius 1 is 1.15 bits per heavy atom. The van der Waals surface area contributed by atoms with Crippen molar-refractivity contribution in [2.24, 2.45) is 0 Å². The number of aromatic amines is 1. The second-order valence-electron chi connectivity index (χ2n) is 7.62. The van der Waals surface area contributed by atoms with E-state index in [4.69, 9.17) is 11.6 Å². The summed E-state index contributed by atoms with van der Waals surface area (Å²) in [5, 5.41) is 7.19.